The number of amides is 1. The standard InChI is InChI=1S/C13H20N2O2S/c1-9(2)15(4)13(16)8-18(17)12-7-10(3)5-6-11(12)14/h5-7,9H,8,14H2,1-4H3. The van der Waals surface area contributed by atoms with Crippen molar-refractivity contribution in [3.05, 3.63) is 23.8 Å². The van der Waals surface area contributed by atoms with Gasteiger partial charge in [-0.25, -0.2) is 0 Å². The van der Waals surface area contributed by atoms with E-state index in [0.717, 1.165) is 5.56 Å². The van der Waals surface area contributed by atoms with Crippen LogP contribution in [0, 0.1) is 6.92 Å². The zero-order valence-electron chi connectivity index (χ0n) is 11.3. The lowest BCUT2D eigenvalue weighted by Gasteiger charge is -2.21. The predicted octanol–water partition coefficient (Wildman–Crippen LogP) is 1.55. The largest absolute Gasteiger partial charge is 0.398 e. The van der Waals surface area contributed by atoms with Crippen molar-refractivity contribution in [2.24, 2.45) is 0 Å². The van der Waals surface area contributed by atoms with Gasteiger partial charge in [0.15, 0.2) is 0 Å². The molecular weight excluding hydrogens is 248 g/mol. The molecule has 1 unspecified atom stereocenters. The second kappa shape index (κ2) is 6.00. The highest BCUT2D eigenvalue weighted by Gasteiger charge is 2.17. The molecule has 4 nitrogen and oxygen atoms in total. The van der Waals surface area contributed by atoms with E-state index in [2.05, 4.69) is 0 Å². The van der Waals surface area contributed by atoms with Crippen molar-refractivity contribution in [1.29, 1.82) is 0 Å². The molecule has 1 amide bonds. The lowest BCUT2D eigenvalue weighted by molar-refractivity contribution is -0.128. The molecule has 100 valence electrons. The van der Waals surface area contributed by atoms with Gasteiger partial charge in [-0.05, 0) is 38.5 Å². The topological polar surface area (TPSA) is 63.4 Å². The van der Waals surface area contributed by atoms with E-state index in [0.29, 0.717) is 10.6 Å². The highest BCUT2D eigenvalue weighted by Crippen LogP contribution is 2.18. The van der Waals surface area contributed by atoms with E-state index >= 15 is 0 Å². The minimum absolute atomic E-state index is 0.0255. The molecule has 0 aliphatic rings. The summed E-state index contributed by atoms with van der Waals surface area (Å²) in [5, 5.41) is 0. The third kappa shape index (κ3) is 3.57. The number of benzene rings is 1. The molecule has 1 aromatic carbocycles. The zero-order chi connectivity index (χ0) is 13.9. The fourth-order valence-electron chi connectivity index (χ4n) is 1.42. The van der Waals surface area contributed by atoms with Gasteiger partial charge in [0.25, 0.3) is 0 Å². The average molecular weight is 268 g/mol. The first kappa shape index (κ1) is 14.7. The highest BCUT2D eigenvalue weighted by molar-refractivity contribution is 7.86. The number of anilines is 1. The van der Waals surface area contributed by atoms with E-state index in [-0.39, 0.29) is 17.7 Å². The van der Waals surface area contributed by atoms with Crippen LogP contribution in [0.5, 0.6) is 0 Å². The predicted molar refractivity (Wildman–Crippen MR) is 74.8 cm³/mol. The average Bonchev–Trinajstić information content (AvgIpc) is 2.30. The Labute approximate surface area is 111 Å². The van der Waals surface area contributed by atoms with Gasteiger partial charge in [-0.3, -0.25) is 9.00 Å². The van der Waals surface area contributed by atoms with E-state index in [1.54, 1.807) is 24.1 Å². The minimum atomic E-state index is -1.39. The SMILES string of the molecule is Cc1ccc(N)c(S(=O)CC(=O)N(C)C(C)C)c1. The fraction of sp³-hybridized carbons (Fsp3) is 0.462. The molecule has 0 radical (unpaired) electrons. The monoisotopic (exact) mass is 268 g/mol. The Kier molecular flexibility index (Phi) is 4.90. The molecule has 1 atom stereocenters. The summed E-state index contributed by atoms with van der Waals surface area (Å²) in [7, 11) is 0.323. The maximum atomic E-state index is 12.1. The van der Waals surface area contributed by atoms with Crippen molar-refractivity contribution >= 4 is 22.4 Å². The van der Waals surface area contributed by atoms with Crippen LogP contribution in [0.4, 0.5) is 5.69 Å². The molecule has 0 saturated heterocycles. The Hall–Kier alpha value is -1.36. The third-order valence-corrected chi connectivity index (χ3v) is 4.19. The van der Waals surface area contributed by atoms with Gasteiger partial charge in [0, 0.05) is 18.8 Å². The molecule has 2 N–H and O–H groups in total. The molecule has 0 aliphatic carbocycles. The zero-order valence-corrected chi connectivity index (χ0v) is 12.1. The van der Waals surface area contributed by atoms with Crippen LogP contribution < -0.4 is 5.73 Å². The molecule has 0 bridgehead atoms. The molecule has 0 aromatic heterocycles. The lowest BCUT2D eigenvalue weighted by Crippen LogP contribution is -2.36. The fourth-order valence-corrected chi connectivity index (χ4v) is 2.65. The minimum Gasteiger partial charge on any atom is -0.398 e. The summed E-state index contributed by atoms with van der Waals surface area (Å²) in [6, 6.07) is 5.45. The van der Waals surface area contributed by atoms with Gasteiger partial charge in [0.05, 0.1) is 15.7 Å². The summed E-state index contributed by atoms with van der Waals surface area (Å²) >= 11 is 0. The van der Waals surface area contributed by atoms with Crippen LogP contribution in [0.25, 0.3) is 0 Å². The van der Waals surface area contributed by atoms with Gasteiger partial charge >= 0.3 is 0 Å². The van der Waals surface area contributed by atoms with Gasteiger partial charge in [-0.15, -0.1) is 0 Å². The van der Waals surface area contributed by atoms with Crippen LogP contribution in [-0.2, 0) is 15.6 Å². The number of aryl methyl sites for hydroxylation is 1. The summed E-state index contributed by atoms with van der Waals surface area (Å²) in [5.74, 6) is -0.160. The second-order valence-corrected chi connectivity index (χ2v) is 6.05. The van der Waals surface area contributed by atoms with Crippen molar-refractivity contribution < 1.29 is 9.00 Å². The van der Waals surface area contributed by atoms with Crippen LogP contribution in [0.2, 0.25) is 0 Å². The van der Waals surface area contributed by atoms with Gasteiger partial charge in [0.1, 0.15) is 5.75 Å². The number of carbonyl (C=O) groups excluding carboxylic acids is 1. The van der Waals surface area contributed by atoms with E-state index in [1.807, 2.05) is 26.8 Å². The Morgan fingerprint density at radius 1 is 1.44 bits per heavy atom. The van der Waals surface area contributed by atoms with Crippen molar-refractivity contribution in [2.75, 3.05) is 18.5 Å². The van der Waals surface area contributed by atoms with Gasteiger partial charge in [-0.2, -0.15) is 0 Å². The van der Waals surface area contributed by atoms with Gasteiger partial charge in [0.2, 0.25) is 5.91 Å². The van der Waals surface area contributed by atoms with Crippen molar-refractivity contribution in [3.8, 4) is 0 Å². The number of hydrogen-bond donors (Lipinski definition) is 1. The number of nitrogens with two attached hydrogens (primary N) is 1. The summed E-state index contributed by atoms with van der Waals surface area (Å²) in [6.45, 7) is 5.74. The maximum absolute atomic E-state index is 12.1. The molecule has 18 heavy (non-hydrogen) atoms. The number of nitrogen functional groups attached to an aromatic ring is 1. The molecule has 0 fully saturated rings. The smallest absolute Gasteiger partial charge is 0.235 e. The van der Waals surface area contributed by atoms with Crippen molar-refractivity contribution in [3.63, 3.8) is 0 Å². The highest BCUT2D eigenvalue weighted by atomic mass is 32.2. The lowest BCUT2D eigenvalue weighted by atomic mass is 10.2. The van der Waals surface area contributed by atoms with Crippen LogP contribution in [0.1, 0.15) is 19.4 Å². The third-order valence-electron chi connectivity index (χ3n) is 2.84. The maximum Gasteiger partial charge on any atom is 0.235 e. The summed E-state index contributed by atoms with van der Waals surface area (Å²) in [5.41, 5.74) is 7.24. The Morgan fingerprint density at radius 3 is 2.61 bits per heavy atom. The van der Waals surface area contributed by atoms with E-state index < -0.39 is 10.8 Å². The summed E-state index contributed by atoms with van der Waals surface area (Å²) < 4.78 is 12.1. The number of rotatable bonds is 4. The number of hydrogen-bond acceptors (Lipinski definition) is 3. The first-order valence-corrected chi connectivity index (χ1v) is 7.15. The molecule has 1 rings (SSSR count). The van der Waals surface area contributed by atoms with E-state index in [1.165, 1.54) is 0 Å². The first-order chi connectivity index (χ1) is 8.32. The quantitative estimate of drug-likeness (QED) is 0.843. The van der Waals surface area contributed by atoms with Crippen LogP contribution >= 0.6 is 0 Å². The molecule has 0 heterocycles. The molecule has 5 heteroatoms. The van der Waals surface area contributed by atoms with Crippen LogP contribution in [-0.4, -0.2) is 33.9 Å². The Balaban J connectivity index is 2.83. The molecule has 0 spiro atoms. The Bertz CT molecular complexity index is 472. The number of nitrogens with zero attached hydrogens (tertiary/aromatic N) is 1. The van der Waals surface area contributed by atoms with Crippen LogP contribution in [0.15, 0.2) is 23.1 Å². The van der Waals surface area contributed by atoms with Gasteiger partial charge in [-0.1, -0.05) is 6.07 Å². The van der Waals surface area contributed by atoms with Crippen molar-refractivity contribution in [1.82, 2.24) is 4.90 Å². The Morgan fingerprint density at radius 2 is 2.06 bits per heavy atom. The van der Waals surface area contributed by atoms with Gasteiger partial charge < -0.3 is 10.6 Å². The van der Waals surface area contributed by atoms with Crippen LogP contribution in [0.3, 0.4) is 0 Å². The molecule has 1 aromatic rings. The second-order valence-electron chi connectivity index (χ2n) is 4.63. The molecule has 0 saturated carbocycles. The van der Waals surface area contributed by atoms with Crippen molar-refractivity contribution in [2.45, 2.75) is 31.7 Å². The number of carbonyl (C=O) groups is 1. The summed E-state index contributed by atoms with van der Waals surface area (Å²) in [4.78, 5) is 14.0. The normalized spacial score (nSPS) is 12.5. The first-order valence-electron chi connectivity index (χ1n) is 5.83. The summed E-state index contributed by atoms with van der Waals surface area (Å²) in [6.07, 6.45) is 0. The molecular formula is C13H20N2O2S. The molecule has 0 aliphatic heterocycles. The van der Waals surface area contributed by atoms with E-state index in [9.17, 15) is 9.00 Å². The van der Waals surface area contributed by atoms with E-state index in [4.69, 9.17) is 5.73 Å².